The van der Waals surface area contributed by atoms with Crippen LogP contribution in [-0.4, -0.2) is 41.6 Å². The van der Waals surface area contributed by atoms with Crippen LogP contribution in [0.1, 0.15) is 33.6 Å². The summed E-state index contributed by atoms with van der Waals surface area (Å²) < 4.78 is 15.7. The fourth-order valence-corrected chi connectivity index (χ4v) is 4.71. The van der Waals surface area contributed by atoms with Crippen molar-refractivity contribution in [1.82, 2.24) is 14.8 Å². The average Bonchev–Trinajstić information content (AvgIpc) is 2.99. The Morgan fingerprint density at radius 3 is 2.82 bits per heavy atom. The zero-order valence-corrected chi connectivity index (χ0v) is 19.9. The van der Waals surface area contributed by atoms with Gasteiger partial charge in [-0.15, -0.1) is 6.58 Å². The van der Waals surface area contributed by atoms with Gasteiger partial charge in [0.2, 0.25) is 0 Å². The van der Waals surface area contributed by atoms with Gasteiger partial charge < -0.3 is 20.1 Å². The number of allylic oxidation sites excluding steroid dienone is 1. The zero-order chi connectivity index (χ0) is 23.5. The third-order valence-electron chi connectivity index (χ3n) is 6.40. The fraction of sp³-hybridized carbons (Fsp3) is 0.346. The number of benzene rings is 2. The van der Waals surface area contributed by atoms with Crippen LogP contribution in [0.2, 0.25) is 5.02 Å². The fourth-order valence-electron chi connectivity index (χ4n) is 4.48. The molecule has 4 rings (SSSR count). The molecule has 7 heteroatoms. The number of nitrogens with zero attached hydrogens (tertiary/aromatic N) is 2. The van der Waals surface area contributed by atoms with E-state index in [0.717, 1.165) is 59.5 Å². The van der Waals surface area contributed by atoms with E-state index in [1.165, 1.54) is 12.1 Å². The van der Waals surface area contributed by atoms with Crippen molar-refractivity contribution in [2.45, 2.75) is 33.4 Å². The Kier molecular flexibility index (Phi) is 7.05. The number of fused-ring (bicyclic) bond motifs is 1. The van der Waals surface area contributed by atoms with E-state index >= 15 is 0 Å². The van der Waals surface area contributed by atoms with Crippen LogP contribution in [0.15, 0.2) is 43.0 Å². The van der Waals surface area contributed by atoms with E-state index in [0.29, 0.717) is 30.2 Å². The Bertz CT molecular complexity index is 1190. The maximum atomic E-state index is 13.5. The minimum absolute atomic E-state index is 0.0389. The van der Waals surface area contributed by atoms with E-state index in [1.807, 2.05) is 23.1 Å². The number of halogens is 2. The number of anilines is 1. The second-order valence-electron chi connectivity index (χ2n) is 8.51. The van der Waals surface area contributed by atoms with Gasteiger partial charge >= 0.3 is 0 Å². The largest absolute Gasteiger partial charge is 0.379 e. The molecule has 2 aromatic carbocycles. The predicted molar refractivity (Wildman–Crippen MR) is 134 cm³/mol. The van der Waals surface area contributed by atoms with Crippen LogP contribution < -0.4 is 10.6 Å². The Morgan fingerprint density at radius 1 is 1.24 bits per heavy atom. The third-order valence-corrected chi connectivity index (χ3v) is 6.75. The van der Waals surface area contributed by atoms with Gasteiger partial charge in [-0.1, -0.05) is 23.7 Å². The molecule has 33 heavy (non-hydrogen) atoms. The summed E-state index contributed by atoms with van der Waals surface area (Å²) in [6.45, 7) is 12.3. The Balaban J connectivity index is 1.78. The molecule has 174 valence electrons. The van der Waals surface area contributed by atoms with Crippen molar-refractivity contribution < 1.29 is 9.18 Å². The molecule has 0 aliphatic carbocycles. The number of carbonyl (C=O) groups is 1. The zero-order valence-electron chi connectivity index (χ0n) is 19.2. The Labute approximate surface area is 199 Å². The average molecular weight is 469 g/mol. The molecule has 5 nitrogen and oxygen atoms in total. The Hall–Kier alpha value is -2.83. The summed E-state index contributed by atoms with van der Waals surface area (Å²) >= 11 is 6.26. The van der Waals surface area contributed by atoms with Gasteiger partial charge in [-0.3, -0.25) is 4.79 Å². The first-order valence-electron chi connectivity index (χ1n) is 11.3. The minimum atomic E-state index is -0.364. The molecule has 2 heterocycles. The first-order valence-corrected chi connectivity index (χ1v) is 11.7. The van der Waals surface area contributed by atoms with Gasteiger partial charge in [0.15, 0.2) is 0 Å². The maximum absolute atomic E-state index is 13.5. The van der Waals surface area contributed by atoms with Crippen LogP contribution in [0.25, 0.3) is 10.9 Å². The van der Waals surface area contributed by atoms with Gasteiger partial charge in [-0.2, -0.15) is 0 Å². The lowest BCUT2D eigenvalue weighted by molar-refractivity contribution is 0.0766. The van der Waals surface area contributed by atoms with Crippen LogP contribution in [0.4, 0.5) is 10.1 Å². The molecule has 1 aliphatic heterocycles. The first kappa shape index (κ1) is 23.3. The molecule has 0 bridgehead atoms. The van der Waals surface area contributed by atoms with Crippen molar-refractivity contribution in [3.8, 4) is 0 Å². The van der Waals surface area contributed by atoms with Crippen molar-refractivity contribution in [1.29, 1.82) is 0 Å². The summed E-state index contributed by atoms with van der Waals surface area (Å²) in [7, 11) is 0. The van der Waals surface area contributed by atoms with E-state index in [2.05, 4.69) is 35.6 Å². The normalized spacial score (nSPS) is 14.4. The van der Waals surface area contributed by atoms with E-state index < -0.39 is 0 Å². The molecule has 0 atom stereocenters. The highest BCUT2D eigenvalue weighted by atomic mass is 35.5. The summed E-state index contributed by atoms with van der Waals surface area (Å²) in [6.07, 6.45) is 2.81. The molecule has 0 saturated carbocycles. The number of rotatable bonds is 6. The predicted octanol–water partition coefficient (Wildman–Crippen LogP) is 5.28. The topological polar surface area (TPSA) is 49.3 Å². The SMILES string of the molecule is C=CCn1c(C)c(C)c2cc(C(=O)N3CCCNCC3)cc(NCc3ccc(F)cc3Cl)c21. The van der Waals surface area contributed by atoms with Crippen LogP contribution >= 0.6 is 11.6 Å². The quantitative estimate of drug-likeness (QED) is 0.483. The molecule has 0 spiro atoms. The lowest BCUT2D eigenvalue weighted by Gasteiger charge is -2.21. The van der Waals surface area contributed by atoms with E-state index in [1.54, 1.807) is 6.07 Å². The standard InChI is InChI=1S/C26H30ClFN4O/c1-4-10-32-18(3)17(2)22-13-20(26(33)31-11-5-8-29-9-12-31)14-24(25(22)32)30-16-19-6-7-21(28)15-23(19)27/h4,6-7,13-15,29-30H,1,5,8-12,16H2,2-3H3. The number of aromatic nitrogens is 1. The summed E-state index contributed by atoms with van der Waals surface area (Å²) in [4.78, 5) is 15.3. The maximum Gasteiger partial charge on any atom is 0.253 e. The van der Waals surface area contributed by atoms with Crippen molar-refractivity contribution in [3.05, 3.63) is 76.2 Å². The Morgan fingerprint density at radius 2 is 2.06 bits per heavy atom. The number of nitrogens with one attached hydrogen (secondary N) is 2. The summed E-state index contributed by atoms with van der Waals surface area (Å²) in [5, 5.41) is 8.23. The van der Waals surface area contributed by atoms with Crippen LogP contribution in [0.5, 0.6) is 0 Å². The third kappa shape index (κ3) is 4.77. The summed E-state index contributed by atoms with van der Waals surface area (Å²) in [5.41, 5.74) is 5.60. The van der Waals surface area contributed by atoms with Crippen molar-refractivity contribution in [3.63, 3.8) is 0 Å². The highest BCUT2D eigenvalue weighted by molar-refractivity contribution is 6.31. The lowest BCUT2D eigenvalue weighted by Crippen LogP contribution is -2.34. The first-order chi connectivity index (χ1) is 15.9. The number of carbonyl (C=O) groups excluding carboxylic acids is 1. The molecule has 1 amide bonds. The van der Waals surface area contributed by atoms with Gasteiger partial charge in [0.1, 0.15) is 5.82 Å². The molecular formula is C26H30ClFN4O. The molecule has 1 aromatic heterocycles. The van der Waals surface area contributed by atoms with Gasteiger partial charge in [0.25, 0.3) is 5.91 Å². The second-order valence-corrected chi connectivity index (χ2v) is 8.92. The van der Waals surface area contributed by atoms with E-state index in [9.17, 15) is 9.18 Å². The minimum Gasteiger partial charge on any atom is -0.379 e. The molecule has 2 N–H and O–H groups in total. The number of hydrogen-bond donors (Lipinski definition) is 2. The lowest BCUT2D eigenvalue weighted by atomic mass is 10.1. The van der Waals surface area contributed by atoms with E-state index in [4.69, 9.17) is 11.6 Å². The smallest absolute Gasteiger partial charge is 0.253 e. The van der Waals surface area contributed by atoms with Gasteiger partial charge in [-0.05, 0) is 62.2 Å². The summed E-state index contributed by atoms with van der Waals surface area (Å²) in [6, 6.07) is 8.34. The van der Waals surface area contributed by atoms with Crippen LogP contribution in [0, 0.1) is 19.7 Å². The van der Waals surface area contributed by atoms with Crippen molar-refractivity contribution >= 4 is 34.1 Å². The van der Waals surface area contributed by atoms with Crippen LogP contribution in [0.3, 0.4) is 0 Å². The molecule has 0 radical (unpaired) electrons. The highest BCUT2D eigenvalue weighted by Crippen LogP contribution is 2.34. The number of amides is 1. The molecule has 0 unspecified atom stereocenters. The monoisotopic (exact) mass is 468 g/mol. The number of hydrogen-bond acceptors (Lipinski definition) is 3. The second kappa shape index (κ2) is 9.98. The molecule has 1 fully saturated rings. The molecular weight excluding hydrogens is 439 g/mol. The van der Waals surface area contributed by atoms with Crippen molar-refractivity contribution in [2.24, 2.45) is 0 Å². The van der Waals surface area contributed by atoms with Crippen molar-refractivity contribution in [2.75, 3.05) is 31.5 Å². The highest BCUT2D eigenvalue weighted by Gasteiger charge is 2.22. The van der Waals surface area contributed by atoms with Crippen LogP contribution in [-0.2, 0) is 13.1 Å². The summed E-state index contributed by atoms with van der Waals surface area (Å²) in [5.74, 6) is -0.325. The van der Waals surface area contributed by atoms with Gasteiger partial charge in [0.05, 0.1) is 11.2 Å². The van der Waals surface area contributed by atoms with Gasteiger partial charge in [-0.25, -0.2) is 4.39 Å². The molecule has 1 saturated heterocycles. The van der Waals surface area contributed by atoms with E-state index in [-0.39, 0.29) is 11.7 Å². The van der Waals surface area contributed by atoms with Gasteiger partial charge in [0, 0.05) is 54.4 Å². The molecule has 1 aliphatic rings. The molecule has 3 aromatic rings. The number of aryl methyl sites for hydroxylation is 1.